The van der Waals surface area contributed by atoms with Crippen molar-refractivity contribution in [1.82, 2.24) is 0 Å². The number of hydrogen-bond acceptors (Lipinski definition) is 2. The number of hydrogen-bond donors (Lipinski definition) is 2. The molecule has 0 amide bonds. The van der Waals surface area contributed by atoms with Crippen molar-refractivity contribution in [2.75, 3.05) is 0 Å². The van der Waals surface area contributed by atoms with E-state index in [4.69, 9.17) is 10.8 Å². The fraction of sp³-hybridized carbons (Fsp3) is 0.455. The molecule has 1 atom stereocenters. The molecule has 1 aromatic carbocycles. The highest BCUT2D eigenvalue weighted by atomic mass is 35.5. The first kappa shape index (κ1) is 15.7. The summed E-state index contributed by atoms with van der Waals surface area (Å²) >= 11 is 0. The Hall–Kier alpha value is -0.730. The molecule has 0 heterocycles. The minimum atomic E-state index is 0. The van der Waals surface area contributed by atoms with Gasteiger partial charge in [-0.1, -0.05) is 26.0 Å². The first-order valence-corrected chi connectivity index (χ1v) is 4.72. The zero-order chi connectivity index (χ0) is 10.3. The highest BCUT2D eigenvalue weighted by Crippen LogP contribution is 2.11. The standard InChI is InChI=1S/C9H13NO.C2H6.ClH/c1-7(10)5-8-3-2-4-9(11)6-8;1-2;/h2-4,6-7,11H,5,10H2,1H3;1-2H3;1H. The van der Waals surface area contributed by atoms with E-state index in [2.05, 4.69) is 0 Å². The molecule has 0 spiro atoms. The van der Waals surface area contributed by atoms with Gasteiger partial charge in [0.15, 0.2) is 0 Å². The zero-order valence-corrected chi connectivity index (χ0v) is 9.84. The van der Waals surface area contributed by atoms with E-state index in [1.54, 1.807) is 12.1 Å². The molecular formula is C11H20ClNO. The lowest BCUT2D eigenvalue weighted by molar-refractivity contribution is 0.474. The van der Waals surface area contributed by atoms with Gasteiger partial charge in [0.05, 0.1) is 0 Å². The smallest absolute Gasteiger partial charge is 0.115 e. The van der Waals surface area contributed by atoms with E-state index in [9.17, 15) is 0 Å². The van der Waals surface area contributed by atoms with Crippen molar-refractivity contribution in [3.05, 3.63) is 29.8 Å². The van der Waals surface area contributed by atoms with Crippen molar-refractivity contribution in [2.45, 2.75) is 33.2 Å². The molecule has 0 aromatic heterocycles. The van der Waals surface area contributed by atoms with Crippen LogP contribution in [0.1, 0.15) is 26.3 Å². The number of rotatable bonds is 2. The van der Waals surface area contributed by atoms with Gasteiger partial charge in [0.25, 0.3) is 0 Å². The van der Waals surface area contributed by atoms with Crippen molar-refractivity contribution in [3.8, 4) is 5.75 Å². The van der Waals surface area contributed by atoms with Crippen LogP contribution in [0.15, 0.2) is 24.3 Å². The summed E-state index contributed by atoms with van der Waals surface area (Å²) in [5, 5.41) is 9.09. The molecule has 1 rings (SSSR count). The van der Waals surface area contributed by atoms with Gasteiger partial charge in [0, 0.05) is 6.04 Å². The summed E-state index contributed by atoms with van der Waals surface area (Å²) in [5.41, 5.74) is 6.68. The molecule has 3 heteroatoms. The zero-order valence-electron chi connectivity index (χ0n) is 9.03. The minimum absolute atomic E-state index is 0. The first-order chi connectivity index (χ1) is 6.18. The molecule has 0 fully saturated rings. The summed E-state index contributed by atoms with van der Waals surface area (Å²) in [7, 11) is 0. The molecule has 0 radical (unpaired) electrons. The molecule has 0 aliphatic rings. The fourth-order valence-electron chi connectivity index (χ4n) is 1.06. The Morgan fingerprint density at radius 1 is 1.36 bits per heavy atom. The number of aromatic hydroxyl groups is 1. The predicted molar refractivity (Wildman–Crippen MR) is 64.1 cm³/mol. The normalized spacial score (nSPS) is 10.6. The van der Waals surface area contributed by atoms with E-state index in [0.29, 0.717) is 5.75 Å². The monoisotopic (exact) mass is 217 g/mol. The van der Waals surface area contributed by atoms with E-state index >= 15 is 0 Å². The average molecular weight is 218 g/mol. The van der Waals surface area contributed by atoms with E-state index in [1.165, 1.54) is 0 Å². The maximum atomic E-state index is 9.09. The Balaban J connectivity index is 0. The molecule has 0 aliphatic heterocycles. The Labute approximate surface area is 92.5 Å². The van der Waals surface area contributed by atoms with Crippen LogP contribution in [0.5, 0.6) is 5.75 Å². The molecule has 0 bridgehead atoms. The van der Waals surface area contributed by atoms with Crippen molar-refractivity contribution in [1.29, 1.82) is 0 Å². The van der Waals surface area contributed by atoms with Crippen LogP contribution in [0.25, 0.3) is 0 Å². The third kappa shape index (κ3) is 6.75. The maximum Gasteiger partial charge on any atom is 0.115 e. The Morgan fingerprint density at radius 2 is 1.93 bits per heavy atom. The van der Waals surface area contributed by atoms with Crippen LogP contribution in [0.4, 0.5) is 0 Å². The molecule has 14 heavy (non-hydrogen) atoms. The van der Waals surface area contributed by atoms with Crippen molar-refractivity contribution < 1.29 is 5.11 Å². The second-order valence-electron chi connectivity index (χ2n) is 2.85. The molecule has 0 saturated carbocycles. The van der Waals surface area contributed by atoms with Crippen LogP contribution >= 0.6 is 12.4 Å². The quantitative estimate of drug-likeness (QED) is 0.800. The highest BCUT2D eigenvalue weighted by molar-refractivity contribution is 5.85. The Bertz CT molecular complexity index is 238. The van der Waals surface area contributed by atoms with Crippen LogP contribution in [-0.4, -0.2) is 11.1 Å². The van der Waals surface area contributed by atoms with Gasteiger partial charge < -0.3 is 10.8 Å². The van der Waals surface area contributed by atoms with Gasteiger partial charge in [-0.2, -0.15) is 0 Å². The van der Waals surface area contributed by atoms with Crippen molar-refractivity contribution in [3.63, 3.8) is 0 Å². The van der Waals surface area contributed by atoms with Crippen LogP contribution in [-0.2, 0) is 6.42 Å². The predicted octanol–water partition coefficient (Wildman–Crippen LogP) is 2.73. The van der Waals surface area contributed by atoms with Crippen LogP contribution in [0.2, 0.25) is 0 Å². The number of halogens is 1. The summed E-state index contributed by atoms with van der Waals surface area (Å²) in [6.07, 6.45) is 0.814. The number of benzene rings is 1. The lowest BCUT2D eigenvalue weighted by Gasteiger charge is -2.04. The van der Waals surface area contributed by atoms with Gasteiger partial charge in [-0.15, -0.1) is 12.4 Å². The van der Waals surface area contributed by atoms with Gasteiger partial charge in [-0.25, -0.2) is 0 Å². The molecule has 1 unspecified atom stereocenters. The summed E-state index contributed by atoms with van der Waals surface area (Å²) in [6, 6.07) is 7.33. The van der Waals surface area contributed by atoms with Crippen LogP contribution < -0.4 is 5.73 Å². The van der Waals surface area contributed by atoms with Gasteiger partial charge in [0.2, 0.25) is 0 Å². The SMILES string of the molecule is CC.CC(N)Cc1cccc(O)c1.Cl. The number of phenols is 1. The molecule has 0 aliphatic carbocycles. The van der Waals surface area contributed by atoms with E-state index < -0.39 is 0 Å². The molecular weight excluding hydrogens is 198 g/mol. The van der Waals surface area contributed by atoms with Crippen LogP contribution in [0.3, 0.4) is 0 Å². The Kier molecular flexibility index (Phi) is 9.94. The summed E-state index contributed by atoms with van der Waals surface area (Å²) < 4.78 is 0. The first-order valence-electron chi connectivity index (χ1n) is 4.72. The minimum Gasteiger partial charge on any atom is -0.508 e. The maximum absolute atomic E-state index is 9.09. The second kappa shape index (κ2) is 8.85. The summed E-state index contributed by atoms with van der Waals surface area (Å²) in [6.45, 7) is 5.95. The molecule has 3 N–H and O–H groups in total. The average Bonchev–Trinajstić information content (AvgIpc) is 2.06. The highest BCUT2D eigenvalue weighted by Gasteiger charge is 1.97. The van der Waals surface area contributed by atoms with E-state index in [0.717, 1.165) is 12.0 Å². The third-order valence-electron chi connectivity index (χ3n) is 1.47. The second-order valence-corrected chi connectivity index (χ2v) is 2.85. The lowest BCUT2D eigenvalue weighted by Crippen LogP contribution is -2.17. The van der Waals surface area contributed by atoms with Crippen LogP contribution in [0, 0.1) is 0 Å². The number of nitrogens with two attached hydrogens (primary N) is 1. The largest absolute Gasteiger partial charge is 0.508 e. The number of phenolic OH excluding ortho intramolecular Hbond substituents is 1. The fourth-order valence-corrected chi connectivity index (χ4v) is 1.06. The van der Waals surface area contributed by atoms with E-state index in [-0.39, 0.29) is 18.4 Å². The van der Waals surface area contributed by atoms with Gasteiger partial charge >= 0.3 is 0 Å². The molecule has 2 nitrogen and oxygen atoms in total. The Morgan fingerprint density at radius 3 is 2.36 bits per heavy atom. The topological polar surface area (TPSA) is 46.2 Å². The molecule has 1 aromatic rings. The van der Waals surface area contributed by atoms with Gasteiger partial charge in [0.1, 0.15) is 5.75 Å². The summed E-state index contributed by atoms with van der Waals surface area (Å²) in [4.78, 5) is 0. The van der Waals surface area contributed by atoms with E-state index in [1.807, 2.05) is 32.9 Å². The third-order valence-corrected chi connectivity index (χ3v) is 1.47. The molecule has 0 saturated heterocycles. The molecule has 82 valence electrons. The summed E-state index contributed by atoms with van der Waals surface area (Å²) in [5.74, 6) is 0.308. The lowest BCUT2D eigenvalue weighted by atomic mass is 10.1. The van der Waals surface area contributed by atoms with Gasteiger partial charge in [-0.3, -0.25) is 0 Å². The van der Waals surface area contributed by atoms with Crippen molar-refractivity contribution >= 4 is 12.4 Å². The van der Waals surface area contributed by atoms with Crippen molar-refractivity contribution in [2.24, 2.45) is 5.73 Å². The van der Waals surface area contributed by atoms with Gasteiger partial charge in [-0.05, 0) is 31.0 Å².